The van der Waals surface area contributed by atoms with Gasteiger partial charge >= 0.3 is 0 Å². The Morgan fingerprint density at radius 1 is 1.40 bits per heavy atom. The Bertz CT molecular complexity index is 855. The van der Waals surface area contributed by atoms with Crippen LogP contribution in [0.3, 0.4) is 0 Å². The lowest BCUT2D eigenvalue weighted by molar-refractivity contribution is -0.121. The van der Waals surface area contributed by atoms with E-state index in [-0.39, 0.29) is 18.4 Å². The average Bonchev–Trinajstić information content (AvgIpc) is 3.26. The summed E-state index contributed by atoms with van der Waals surface area (Å²) in [5, 5.41) is 5.97. The van der Waals surface area contributed by atoms with Gasteiger partial charge in [-0.2, -0.15) is 0 Å². The van der Waals surface area contributed by atoms with Gasteiger partial charge in [0.1, 0.15) is 11.5 Å². The van der Waals surface area contributed by atoms with Crippen LogP contribution in [-0.2, 0) is 11.2 Å². The van der Waals surface area contributed by atoms with E-state index in [4.69, 9.17) is 9.15 Å². The Morgan fingerprint density at radius 3 is 2.88 bits per heavy atom. The third-order valence-corrected chi connectivity index (χ3v) is 4.67. The number of benzene rings is 1. The van der Waals surface area contributed by atoms with Gasteiger partial charge in [-0.15, -0.1) is 11.3 Å². The van der Waals surface area contributed by atoms with Crippen LogP contribution in [0.15, 0.2) is 46.4 Å². The Hall–Kier alpha value is -2.60. The first-order chi connectivity index (χ1) is 12.1. The largest absolute Gasteiger partial charge is 0.496 e. The highest BCUT2D eigenvalue weighted by Gasteiger charge is 2.15. The number of furan rings is 1. The van der Waals surface area contributed by atoms with Crippen molar-refractivity contribution in [2.45, 2.75) is 26.3 Å². The van der Waals surface area contributed by atoms with Crippen LogP contribution in [0.2, 0.25) is 0 Å². The van der Waals surface area contributed by atoms with Gasteiger partial charge in [0, 0.05) is 16.5 Å². The maximum absolute atomic E-state index is 12.4. The van der Waals surface area contributed by atoms with Crippen molar-refractivity contribution in [1.29, 1.82) is 0 Å². The highest BCUT2D eigenvalue weighted by Crippen LogP contribution is 2.28. The minimum Gasteiger partial charge on any atom is -0.496 e. The number of ether oxygens (including phenoxy) is 1. The molecule has 1 N–H and O–H groups in total. The van der Waals surface area contributed by atoms with Crippen molar-refractivity contribution >= 4 is 17.2 Å². The number of nitrogens with zero attached hydrogens (tertiary/aromatic N) is 1. The first-order valence-corrected chi connectivity index (χ1v) is 8.87. The Labute approximate surface area is 150 Å². The molecular weight excluding hydrogens is 336 g/mol. The van der Waals surface area contributed by atoms with E-state index in [0.29, 0.717) is 5.75 Å². The fourth-order valence-electron chi connectivity index (χ4n) is 2.65. The molecule has 3 aromatic rings. The van der Waals surface area contributed by atoms with Gasteiger partial charge < -0.3 is 14.5 Å². The van der Waals surface area contributed by atoms with E-state index in [9.17, 15) is 4.79 Å². The smallest absolute Gasteiger partial charge is 0.225 e. The standard InChI is InChI=1S/C19H20N2O3S/c1-12(17-5-4-8-24-17)20-19(22)10-15-9-14(6-7-18(15)23-3)16-11-25-13(2)21-16/h4-9,11-12H,10H2,1-3H3,(H,20,22). The molecule has 0 saturated heterocycles. The highest BCUT2D eigenvalue weighted by molar-refractivity contribution is 7.09. The number of amides is 1. The van der Waals surface area contributed by atoms with E-state index >= 15 is 0 Å². The average molecular weight is 356 g/mol. The normalized spacial score (nSPS) is 12.0. The summed E-state index contributed by atoms with van der Waals surface area (Å²) in [5.74, 6) is 1.33. The molecule has 2 aromatic heterocycles. The van der Waals surface area contributed by atoms with Gasteiger partial charge in [-0.3, -0.25) is 4.79 Å². The molecule has 5 nitrogen and oxygen atoms in total. The van der Waals surface area contributed by atoms with Crippen LogP contribution < -0.4 is 10.1 Å². The lowest BCUT2D eigenvalue weighted by atomic mass is 10.0. The van der Waals surface area contributed by atoms with Crippen molar-refractivity contribution in [3.8, 4) is 17.0 Å². The maximum atomic E-state index is 12.4. The van der Waals surface area contributed by atoms with Crippen LogP contribution in [0.5, 0.6) is 5.75 Å². The SMILES string of the molecule is COc1ccc(-c2csc(C)n2)cc1CC(=O)NC(C)c1ccco1. The van der Waals surface area contributed by atoms with Crippen molar-refractivity contribution in [2.24, 2.45) is 0 Å². The second-order valence-electron chi connectivity index (χ2n) is 5.76. The van der Waals surface area contributed by atoms with Gasteiger partial charge in [0.05, 0.1) is 36.5 Å². The fraction of sp³-hybridized carbons (Fsp3) is 0.263. The van der Waals surface area contributed by atoms with Gasteiger partial charge in [-0.1, -0.05) is 0 Å². The molecule has 1 amide bonds. The van der Waals surface area contributed by atoms with E-state index in [2.05, 4.69) is 10.3 Å². The van der Waals surface area contributed by atoms with Gasteiger partial charge in [0.2, 0.25) is 5.91 Å². The number of aryl methyl sites for hydroxylation is 1. The zero-order valence-electron chi connectivity index (χ0n) is 14.4. The molecule has 0 fully saturated rings. The van der Waals surface area contributed by atoms with E-state index in [1.54, 1.807) is 30.8 Å². The molecule has 0 bridgehead atoms. The molecule has 1 aromatic carbocycles. The third kappa shape index (κ3) is 4.09. The number of thiazole rings is 1. The molecule has 3 rings (SSSR count). The number of carbonyl (C=O) groups is 1. The molecule has 1 atom stereocenters. The van der Waals surface area contributed by atoms with Crippen molar-refractivity contribution in [3.63, 3.8) is 0 Å². The lowest BCUT2D eigenvalue weighted by Crippen LogP contribution is -2.28. The summed E-state index contributed by atoms with van der Waals surface area (Å²) in [6.07, 6.45) is 1.82. The molecule has 0 saturated carbocycles. The second kappa shape index (κ2) is 7.53. The van der Waals surface area contributed by atoms with Crippen molar-refractivity contribution in [1.82, 2.24) is 10.3 Å². The number of rotatable bonds is 6. The van der Waals surface area contributed by atoms with E-state index in [0.717, 1.165) is 27.6 Å². The van der Waals surface area contributed by atoms with E-state index < -0.39 is 0 Å². The number of aromatic nitrogens is 1. The summed E-state index contributed by atoms with van der Waals surface area (Å²) in [6, 6.07) is 9.27. The van der Waals surface area contributed by atoms with Gasteiger partial charge in [-0.05, 0) is 44.2 Å². The molecule has 6 heteroatoms. The van der Waals surface area contributed by atoms with E-state index in [1.165, 1.54) is 0 Å². The lowest BCUT2D eigenvalue weighted by Gasteiger charge is -2.13. The number of methoxy groups -OCH3 is 1. The highest BCUT2D eigenvalue weighted by atomic mass is 32.1. The minimum absolute atomic E-state index is 0.0891. The van der Waals surface area contributed by atoms with Gasteiger partial charge in [-0.25, -0.2) is 4.98 Å². The quantitative estimate of drug-likeness (QED) is 0.721. The predicted octanol–water partition coefficient (Wildman–Crippen LogP) is 4.14. The Kier molecular flexibility index (Phi) is 5.19. The zero-order valence-corrected chi connectivity index (χ0v) is 15.2. The number of nitrogens with one attached hydrogen (secondary N) is 1. The first-order valence-electron chi connectivity index (χ1n) is 7.99. The molecule has 2 heterocycles. The van der Waals surface area contributed by atoms with Crippen LogP contribution in [0.25, 0.3) is 11.3 Å². The molecule has 25 heavy (non-hydrogen) atoms. The summed E-state index contributed by atoms with van der Waals surface area (Å²) < 4.78 is 10.7. The molecule has 0 aliphatic carbocycles. The van der Waals surface area contributed by atoms with Crippen molar-refractivity contribution in [3.05, 3.63) is 58.3 Å². The maximum Gasteiger partial charge on any atom is 0.225 e. The van der Waals surface area contributed by atoms with Crippen LogP contribution in [0.1, 0.15) is 29.3 Å². The molecule has 0 spiro atoms. The molecular formula is C19H20N2O3S. The fourth-order valence-corrected chi connectivity index (χ4v) is 3.27. The topological polar surface area (TPSA) is 64.4 Å². The third-order valence-electron chi connectivity index (χ3n) is 3.89. The van der Waals surface area contributed by atoms with Gasteiger partial charge in [0.15, 0.2) is 0 Å². The Morgan fingerprint density at radius 2 is 2.24 bits per heavy atom. The summed E-state index contributed by atoms with van der Waals surface area (Å²) in [4.78, 5) is 16.9. The first kappa shape index (κ1) is 17.2. The summed E-state index contributed by atoms with van der Waals surface area (Å²) >= 11 is 1.60. The molecule has 0 aliphatic heterocycles. The molecule has 0 aliphatic rings. The van der Waals surface area contributed by atoms with E-state index in [1.807, 2.05) is 43.5 Å². The predicted molar refractivity (Wildman–Crippen MR) is 97.8 cm³/mol. The second-order valence-corrected chi connectivity index (χ2v) is 6.82. The number of hydrogen-bond acceptors (Lipinski definition) is 5. The summed E-state index contributed by atoms with van der Waals surface area (Å²) in [6.45, 7) is 3.87. The van der Waals surface area contributed by atoms with Crippen LogP contribution in [-0.4, -0.2) is 18.0 Å². The van der Waals surface area contributed by atoms with Crippen LogP contribution >= 0.6 is 11.3 Å². The molecule has 1 unspecified atom stereocenters. The summed E-state index contributed by atoms with van der Waals surface area (Å²) in [5.41, 5.74) is 2.72. The summed E-state index contributed by atoms with van der Waals surface area (Å²) in [7, 11) is 1.61. The minimum atomic E-state index is -0.183. The molecule has 130 valence electrons. The van der Waals surface area contributed by atoms with Crippen molar-refractivity contribution in [2.75, 3.05) is 7.11 Å². The van der Waals surface area contributed by atoms with Crippen LogP contribution in [0, 0.1) is 6.92 Å². The number of carbonyl (C=O) groups excluding carboxylic acids is 1. The van der Waals surface area contributed by atoms with Crippen LogP contribution in [0.4, 0.5) is 0 Å². The molecule has 0 radical (unpaired) electrons. The van der Waals surface area contributed by atoms with Crippen molar-refractivity contribution < 1.29 is 13.9 Å². The number of hydrogen-bond donors (Lipinski definition) is 1. The Balaban J connectivity index is 1.77. The zero-order chi connectivity index (χ0) is 17.8. The monoisotopic (exact) mass is 356 g/mol. The van der Waals surface area contributed by atoms with Gasteiger partial charge in [0.25, 0.3) is 0 Å².